The molecule has 0 heterocycles. The van der Waals surface area contributed by atoms with Crippen molar-refractivity contribution in [3.05, 3.63) is 29.1 Å². The van der Waals surface area contributed by atoms with Crippen molar-refractivity contribution >= 4 is 14.4 Å². The van der Waals surface area contributed by atoms with Crippen molar-refractivity contribution in [1.82, 2.24) is 5.32 Å². The second-order valence-electron chi connectivity index (χ2n) is 11.2. The molecule has 0 saturated heterocycles. The molecule has 0 spiro atoms. The van der Waals surface area contributed by atoms with Gasteiger partial charge in [0, 0.05) is 12.7 Å². The zero-order valence-corrected chi connectivity index (χ0v) is 21.6. The van der Waals surface area contributed by atoms with E-state index in [0.717, 1.165) is 17.5 Å². The van der Waals surface area contributed by atoms with E-state index in [4.69, 9.17) is 13.9 Å². The number of halogens is 1. The van der Waals surface area contributed by atoms with Crippen molar-refractivity contribution < 1.29 is 23.1 Å². The number of rotatable bonds is 7. The third-order valence-corrected chi connectivity index (χ3v) is 10.5. The fourth-order valence-electron chi connectivity index (χ4n) is 3.26. The predicted molar refractivity (Wildman–Crippen MR) is 125 cm³/mol. The van der Waals surface area contributed by atoms with E-state index in [2.05, 4.69) is 39.2 Å². The number of carbonyl (C=O) groups excluding carboxylic acids is 1. The van der Waals surface area contributed by atoms with Crippen LogP contribution in [-0.2, 0) is 22.0 Å². The number of benzene rings is 1. The Bertz CT molecular complexity index is 783. The smallest absolute Gasteiger partial charge is 0.407 e. The molecule has 2 atom stereocenters. The predicted octanol–water partition coefficient (Wildman–Crippen LogP) is 5.85. The van der Waals surface area contributed by atoms with Gasteiger partial charge < -0.3 is 19.2 Å². The van der Waals surface area contributed by atoms with Gasteiger partial charge >= 0.3 is 6.09 Å². The highest BCUT2D eigenvalue weighted by atomic mass is 28.4. The van der Waals surface area contributed by atoms with Crippen LogP contribution in [0, 0.1) is 11.7 Å². The fourth-order valence-corrected chi connectivity index (χ4v) is 4.35. The molecule has 1 aromatic carbocycles. The van der Waals surface area contributed by atoms with E-state index >= 15 is 0 Å². The van der Waals surface area contributed by atoms with Crippen LogP contribution in [-0.4, -0.2) is 39.3 Å². The Labute approximate surface area is 188 Å². The Morgan fingerprint density at radius 1 is 1.19 bits per heavy atom. The molecule has 0 unspecified atom stereocenters. The first kappa shape index (κ1) is 25.7. The van der Waals surface area contributed by atoms with E-state index in [0.29, 0.717) is 24.7 Å². The first-order valence-corrected chi connectivity index (χ1v) is 14.1. The minimum Gasteiger partial charge on any atom is -0.491 e. The Morgan fingerprint density at radius 3 is 2.42 bits per heavy atom. The monoisotopic (exact) mass is 453 g/mol. The van der Waals surface area contributed by atoms with E-state index in [1.165, 1.54) is 6.07 Å². The molecule has 5 nitrogen and oxygen atoms in total. The van der Waals surface area contributed by atoms with Crippen LogP contribution in [0.4, 0.5) is 9.18 Å². The molecule has 0 bridgehead atoms. The van der Waals surface area contributed by atoms with Crippen LogP contribution in [0.15, 0.2) is 12.1 Å². The van der Waals surface area contributed by atoms with Crippen molar-refractivity contribution in [3.8, 4) is 5.75 Å². The van der Waals surface area contributed by atoms with Gasteiger partial charge in [0.05, 0.1) is 6.04 Å². The second kappa shape index (κ2) is 9.49. The van der Waals surface area contributed by atoms with Crippen LogP contribution >= 0.6 is 0 Å². The number of alkyl carbamates (subject to hydrolysis) is 1. The molecule has 0 aliphatic heterocycles. The van der Waals surface area contributed by atoms with E-state index in [-0.39, 0.29) is 23.5 Å². The number of fused-ring (bicyclic) bond motifs is 1. The molecular formula is C24H40FNO4Si. The van der Waals surface area contributed by atoms with E-state index in [1.807, 2.05) is 33.8 Å². The van der Waals surface area contributed by atoms with E-state index in [9.17, 15) is 9.18 Å². The Morgan fingerprint density at radius 2 is 1.84 bits per heavy atom. The normalized spacial score (nSPS) is 17.8. The summed E-state index contributed by atoms with van der Waals surface area (Å²) in [5.74, 6) is 0.553. The summed E-state index contributed by atoms with van der Waals surface area (Å²) < 4.78 is 32.1. The number of ether oxygens (including phenoxy) is 2. The lowest BCUT2D eigenvalue weighted by molar-refractivity contribution is 0.0494. The number of hydrogen-bond donors (Lipinski definition) is 1. The van der Waals surface area contributed by atoms with Gasteiger partial charge in [-0.25, -0.2) is 9.18 Å². The standard InChI is InChI=1S/C24H40FNO4Si/c1-16(26-22(27)30-23(2,3)4)14-28-19-12-18-10-17(11-20(18)21(25)13-19)15-29-31(8,9)24(5,6)7/h12-13,16-17H,10-11,14-15H2,1-9H3,(H,26,27)/t16-,17-/m0/s1. The van der Waals surface area contributed by atoms with Gasteiger partial charge in [-0.2, -0.15) is 0 Å². The van der Waals surface area contributed by atoms with Gasteiger partial charge in [0.2, 0.25) is 0 Å². The summed E-state index contributed by atoms with van der Waals surface area (Å²) in [6, 6.07) is 3.10. The fraction of sp³-hybridized carbons (Fsp3) is 0.708. The molecule has 0 radical (unpaired) electrons. The second-order valence-corrected chi connectivity index (χ2v) is 16.1. The van der Waals surface area contributed by atoms with Crippen molar-refractivity contribution in [2.75, 3.05) is 13.2 Å². The summed E-state index contributed by atoms with van der Waals surface area (Å²) in [6.45, 7) is 19.3. The van der Waals surface area contributed by atoms with Crippen LogP contribution in [0.2, 0.25) is 18.1 Å². The van der Waals surface area contributed by atoms with Gasteiger partial charge in [-0.3, -0.25) is 0 Å². The quantitative estimate of drug-likeness (QED) is 0.526. The molecule has 0 aromatic heterocycles. The Hall–Kier alpha value is -1.60. The molecule has 1 aromatic rings. The maximum absolute atomic E-state index is 14.7. The average Bonchev–Trinajstić information content (AvgIpc) is 2.99. The van der Waals surface area contributed by atoms with Gasteiger partial charge in [-0.15, -0.1) is 0 Å². The largest absolute Gasteiger partial charge is 0.491 e. The highest BCUT2D eigenvalue weighted by molar-refractivity contribution is 6.74. The zero-order chi connectivity index (χ0) is 23.6. The lowest BCUT2D eigenvalue weighted by atomic mass is 10.1. The number of hydrogen-bond acceptors (Lipinski definition) is 4. The van der Waals surface area contributed by atoms with Crippen molar-refractivity contribution in [1.29, 1.82) is 0 Å². The van der Waals surface area contributed by atoms with Gasteiger partial charge in [0.1, 0.15) is 23.8 Å². The van der Waals surface area contributed by atoms with Crippen molar-refractivity contribution in [2.24, 2.45) is 5.92 Å². The maximum atomic E-state index is 14.7. The number of amides is 1. The molecule has 7 heteroatoms. The van der Waals surface area contributed by atoms with E-state index < -0.39 is 20.0 Å². The number of carbonyl (C=O) groups is 1. The third kappa shape index (κ3) is 7.49. The summed E-state index contributed by atoms with van der Waals surface area (Å²) >= 11 is 0. The van der Waals surface area contributed by atoms with Crippen molar-refractivity contribution in [3.63, 3.8) is 0 Å². The maximum Gasteiger partial charge on any atom is 0.407 e. The highest BCUT2D eigenvalue weighted by Gasteiger charge is 2.38. The molecule has 176 valence electrons. The minimum atomic E-state index is -1.82. The van der Waals surface area contributed by atoms with Crippen LogP contribution < -0.4 is 10.1 Å². The van der Waals surface area contributed by atoms with Gasteiger partial charge in [0.25, 0.3) is 0 Å². The van der Waals surface area contributed by atoms with Crippen LogP contribution in [0.25, 0.3) is 0 Å². The van der Waals surface area contributed by atoms with Crippen molar-refractivity contribution in [2.45, 2.75) is 91.1 Å². The lowest BCUT2D eigenvalue weighted by Gasteiger charge is -2.37. The Kier molecular flexibility index (Phi) is 7.85. The summed E-state index contributed by atoms with van der Waals surface area (Å²) in [7, 11) is -1.82. The molecule has 31 heavy (non-hydrogen) atoms. The summed E-state index contributed by atoms with van der Waals surface area (Å²) in [5.41, 5.74) is 1.21. The third-order valence-electron chi connectivity index (χ3n) is 6.01. The molecule has 1 aliphatic carbocycles. The first-order valence-electron chi connectivity index (χ1n) is 11.1. The number of nitrogens with one attached hydrogen (secondary N) is 1. The highest BCUT2D eigenvalue weighted by Crippen LogP contribution is 2.38. The SMILES string of the molecule is C[C@@H](COc1cc(F)c2c(c1)C[C@H](CO[Si](C)(C)C(C)(C)C)C2)NC(=O)OC(C)(C)C. The van der Waals surface area contributed by atoms with Gasteiger partial charge in [0.15, 0.2) is 8.32 Å². The van der Waals surface area contributed by atoms with Crippen LogP contribution in [0.3, 0.4) is 0 Å². The molecule has 0 saturated carbocycles. The molecule has 1 amide bonds. The van der Waals surface area contributed by atoms with Gasteiger partial charge in [-0.1, -0.05) is 20.8 Å². The zero-order valence-electron chi connectivity index (χ0n) is 20.6. The topological polar surface area (TPSA) is 56.8 Å². The Balaban J connectivity index is 1.91. The summed E-state index contributed by atoms with van der Waals surface area (Å²) in [5, 5.41) is 2.89. The lowest BCUT2D eigenvalue weighted by Crippen LogP contribution is -2.42. The van der Waals surface area contributed by atoms with E-state index in [1.54, 1.807) is 0 Å². The molecule has 1 aliphatic rings. The summed E-state index contributed by atoms with van der Waals surface area (Å²) in [6.07, 6.45) is 1.00. The van der Waals surface area contributed by atoms with Crippen LogP contribution in [0.1, 0.15) is 59.6 Å². The van der Waals surface area contributed by atoms with Gasteiger partial charge in [-0.05, 0) is 81.8 Å². The minimum absolute atomic E-state index is 0.161. The molecule has 1 N–H and O–H groups in total. The molecule has 2 rings (SSSR count). The first-order chi connectivity index (χ1) is 14.1. The van der Waals surface area contributed by atoms with Crippen LogP contribution in [0.5, 0.6) is 5.75 Å². The average molecular weight is 454 g/mol. The molecule has 0 fully saturated rings. The molecular weight excluding hydrogens is 413 g/mol. The summed E-state index contributed by atoms with van der Waals surface area (Å²) in [4.78, 5) is 11.9.